The van der Waals surface area contributed by atoms with Crippen LogP contribution in [0.15, 0.2) is 27.1 Å². The van der Waals surface area contributed by atoms with E-state index in [1.165, 1.54) is 6.07 Å². The van der Waals surface area contributed by atoms with E-state index in [9.17, 15) is 18.0 Å². The highest BCUT2D eigenvalue weighted by atomic mass is 79.9. The number of aromatic nitrogens is 1. The molecule has 0 aliphatic rings. The number of oxazole rings is 1. The zero-order valence-corrected chi connectivity index (χ0v) is 10.6. The number of carbonyl (C=O) groups is 1. The number of alkyl halides is 2. The van der Waals surface area contributed by atoms with E-state index in [1.807, 2.05) is 0 Å². The van der Waals surface area contributed by atoms with Gasteiger partial charge in [-0.1, -0.05) is 0 Å². The Hall–Kier alpha value is -1.83. The molecule has 0 bridgehead atoms. The fraction of sp³-hybridized carbons (Fsp3) is 0.0909. The molecule has 4 nitrogen and oxygen atoms in total. The van der Waals surface area contributed by atoms with Crippen molar-refractivity contribution in [2.24, 2.45) is 0 Å². The van der Waals surface area contributed by atoms with E-state index in [1.54, 1.807) is 0 Å². The van der Waals surface area contributed by atoms with Crippen LogP contribution in [-0.4, -0.2) is 16.1 Å². The first-order valence-corrected chi connectivity index (χ1v) is 5.67. The summed E-state index contributed by atoms with van der Waals surface area (Å²) in [5.41, 5.74) is -0.783. The molecule has 0 saturated heterocycles. The summed E-state index contributed by atoms with van der Waals surface area (Å²) in [5, 5.41) is 8.75. The third kappa shape index (κ3) is 2.62. The molecule has 0 unspecified atom stereocenters. The number of carboxylic acids is 1. The van der Waals surface area contributed by atoms with Gasteiger partial charge < -0.3 is 9.52 Å². The van der Waals surface area contributed by atoms with Crippen molar-refractivity contribution < 1.29 is 27.5 Å². The molecule has 19 heavy (non-hydrogen) atoms. The average Bonchev–Trinajstić information content (AvgIpc) is 2.73. The zero-order valence-electron chi connectivity index (χ0n) is 9.03. The third-order valence-electron chi connectivity index (χ3n) is 2.22. The Morgan fingerprint density at radius 2 is 2.11 bits per heavy atom. The van der Waals surface area contributed by atoms with E-state index < -0.39 is 29.7 Å². The largest absolute Gasteiger partial charge is 0.475 e. The number of hydrogen-bond donors (Lipinski definition) is 1. The van der Waals surface area contributed by atoms with Crippen molar-refractivity contribution in [2.75, 3.05) is 0 Å². The molecule has 0 aliphatic heterocycles. The molecule has 0 fully saturated rings. The average molecular weight is 336 g/mol. The Balaban J connectivity index is 2.57. The lowest BCUT2D eigenvalue weighted by atomic mass is 10.2. The smallest absolute Gasteiger partial charge is 0.374 e. The lowest BCUT2D eigenvalue weighted by molar-refractivity contribution is 0.0647. The minimum atomic E-state index is -3.08. The van der Waals surface area contributed by atoms with Gasteiger partial charge in [-0.25, -0.2) is 22.9 Å². The minimum absolute atomic E-state index is 0.177. The highest BCUT2D eigenvalue weighted by Gasteiger charge is 2.27. The third-order valence-corrected chi connectivity index (χ3v) is 2.87. The first-order valence-electron chi connectivity index (χ1n) is 4.87. The molecule has 0 atom stereocenters. The second-order valence-electron chi connectivity index (χ2n) is 3.46. The van der Waals surface area contributed by atoms with Crippen LogP contribution in [0.25, 0.3) is 11.5 Å². The van der Waals surface area contributed by atoms with E-state index in [-0.39, 0.29) is 15.9 Å². The van der Waals surface area contributed by atoms with Crippen LogP contribution in [-0.2, 0) is 0 Å². The summed E-state index contributed by atoms with van der Waals surface area (Å²) in [4.78, 5) is 14.2. The molecule has 100 valence electrons. The minimum Gasteiger partial charge on any atom is -0.475 e. The van der Waals surface area contributed by atoms with Crippen LogP contribution in [0.1, 0.15) is 22.7 Å². The van der Waals surface area contributed by atoms with Crippen LogP contribution >= 0.6 is 15.9 Å². The molecule has 0 spiro atoms. The van der Waals surface area contributed by atoms with Crippen LogP contribution in [0.5, 0.6) is 0 Å². The second-order valence-corrected chi connectivity index (χ2v) is 4.32. The molecule has 2 rings (SSSR count). The van der Waals surface area contributed by atoms with Crippen LogP contribution in [0.2, 0.25) is 0 Å². The fourth-order valence-corrected chi connectivity index (χ4v) is 1.93. The molecule has 0 amide bonds. The van der Waals surface area contributed by atoms with E-state index >= 15 is 0 Å². The first-order chi connectivity index (χ1) is 8.90. The van der Waals surface area contributed by atoms with Crippen molar-refractivity contribution in [3.63, 3.8) is 0 Å². The summed E-state index contributed by atoms with van der Waals surface area (Å²) in [5.74, 6) is -3.44. The van der Waals surface area contributed by atoms with E-state index in [0.29, 0.717) is 0 Å². The van der Waals surface area contributed by atoms with Gasteiger partial charge in [0.25, 0.3) is 6.43 Å². The van der Waals surface area contributed by atoms with E-state index in [0.717, 1.165) is 12.1 Å². The molecule has 0 saturated carbocycles. The maximum absolute atomic E-state index is 12.9. The molecule has 1 N–H and O–H groups in total. The number of carboxylic acid groups (broad SMARTS) is 1. The Morgan fingerprint density at radius 3 is 2.58 bits per heavy atom. The number of hydrogen-bond acceptors (Lipinski definition) is 3. The van der Waals surface area contributed by atoms with E-state index in [4.69, 9.17) is 9.52 Å². The predicted octanol–water partition coefficient (Wildman–Crippen LogP) is 3.88. The van der Waals surface area contributed by atoms with Crippen LogP contribution in [0.3, 0.4) is 0 Å². The lowest BCUT2D eigenvalue weighted by Crippen LogP contribution is -1.99. The Kier molecular flexibility index (Phi) is 3.61. The SMILES string of the molecule is O=C(O)c1oc(-c2ccc(F)cc2Br)nc1C(F)F. The molecule has 1 heterocycles. The quantitative estimate of drug-likeness (QED) is 0.924. The van der Waals surface area contributed by atoms with Gasteiger partial charge in [0.1, 0.15) is 5.82 Å². The van der Waals surface area contributed by atoms with Crippen molar-refractivity contribution in [1.82, 2.24) is 4.98 Å². The number of aromatic carboxylic acids is 1. The molecule has 8 heteroatoms. The zero-order chi connectivity index (χ0) is 14.2. The van der Waals surface area contributed by atoms with Crippen LogP contribution in [0, 0.1) is 5.82 Å². The Bertz CT molecular complexity index is 642. The highest BCUT2D eigenvalue weighted by molar-refractivity contribution is 9.10. The van der Waals surface area contributed by atoms with Crippen molar-refractivity contribution in [1.29, 1.82) is 0 Å². The summed E-state index contributed by atoms with van der Waals surface area (Å²) in [6, 6.07) is 3.40. The summed E-state index contributed by atoms with van der Waals surface area (Å²) in [7, 11) is 0. The summed E-state index contributed by atoms with van der Waals surface area (Å²) in [6.07, 6.45) is -3.08. The molecule has 1 aromatic carbocycles. The van der Waals surface area contributed by atoms with Crippen LogP contribution < -0.4 is 0 Å². The lowest BCUT2D eigenvalue weighted by Gasteiger charge is -1.99. The van der Waals surface area contributed by atoms with Gasteiger partial charge in [0.05, 0.1) is 5.56 Å². The Morgan fingerprint density at radius 1 is 1.42 bits per heavy atom. The van der Waals surface area contributed by atoms with Crippen molar-refractivity contribution >= 4 is 21.9 Å². The number of nitrogens with zero attached hydrogens (tertiary/aromatic N) is 1. The number of benzene rings is 1. The molecule has 0 radical (unpaired) electrons. The first kappa shape index (κ1) is 13.6. The normalized spacial score (nSPS) is 11.0. The molecule has 2 aromatic rings. The second kappa shape index (κ2) is 5.04. The van der Waals surface area contributed by atoms with Crippen molar-refractivity contribution in [3.05, 3.63) is 39.9 Å². The van der Waals surface area contributed by atoms with Gasteiger partial charge in [0.15, 0.2) is 5.69 Å². The molecule has 0 aliphatic carbocycles. The van der Waals surface area contributed by atoms with Crippen LogP contribution in [0.4, 0.5) is 13.2 Å². The predicted molar refractivity (Wildman–Crippen MR) is 61.5 cm³/mol. The summed E-state index contributed by atoms with van der Waals surface area (Å²) < 4.78 is 43.2. The Labute approximate surface area is 113 Å². The molecular formula is C11H5BrF3NO3. The van der Waals surface area contributed by atoms with Gasteiger partial charge in [0.2, 0.25) is 11.7 Å². The molecule has 1 aromatic heterocycles. The summed E-state index contributed by atoms with van der Waals surface area (Å²) in [6.45, 7) is 0. The standard InChI is InChI=1S/C11H5BrF3NO3/c12-6-3-4(13)1-2-5(6)10-16-7(9(14)15)8(19-10)11(17)18/h1-3,9H,(H,17,18). The monoisotopic (exact) mass is 335 g/mol. The summed E-state index contributed by atoms with van der Waals surface area (Å²) >= 11 is 3.02. The van der Waals surface area contributed by atoms with Gasteiger partial charge in [-0.2, -0.15) is 0 Å². The van der Waals surface area contributed by atoms with E-state index in [2.05, 4.69) is 20.9 Å². The number of rotatable bonds is 3. The molecular weight excluding hydrogens is 331 g/mol. The topological polar surface area (TPSA) is 63.3 Å². The van der Waals surface area contributed by atoms with Crippen molar-refractivity contribution in [2.45, 2.75) is 6.43 Å². The van der Waals surface area contributed by atoms with Crippen molar-refractivity contribution in [3.8, 4) is 11.5 Å². The van der Waals surface area contributed by atoms with Gasteiger partial charge in [-0.05, 0) is 34.1 Å². The number of halogens is 4. The fourth-order valence-electron chi connectivity index (χ4n) is 1.41. The maximum Gasteiger partial charge on any atom is 0.374 e. The van der Waals surface area contributed by atoms with Gasteiger partial charge in [-0.3, -0.25) is 0 Å². The maximum atomic E-state index is 12.9. The van der Waals surface area contributed by atoms with Gasteiger partial charge in [0, 0.05) is 4.47 Å². The van der Waals surface area contributed by atoms with Gasteiger partial charge in [-0.15, -0.1) is 0 Å². The van der Waals surface area contributed by atoms with Gasteiger partial charge >= 0.3 is 5.97 Å². The highest BCUT2D eigenvalue weighted by Crippen LogP contribution is 2.32.